The highest BCUT2D eigenvalue weighted by molar-refractivity contribution is 6.04. The van der Waals surface area contributed by atoms with Crippen LogP contribution in [0.1, 0.15) is 43.2 Å². The molecular weight excluding hydrogens is 655 g/mol. The van der Waals surface area contributed by atoms with Gasteiger partial charge in [-0.15, -0.1) is 0 Å². The molecule has 54 heavy (non-hydrogen) atoms. The second-order valence-electron chi connectivity index (χ2n) is 16.4. The number of rotatable bonds is 4. The number of benzene rings is 7. The molecule has 0 amide bonds. The van der Waals surface area contributed by atoms with Gasteiger partial charge in [-0.1, -0.05) is 127 Å². The highest BCUT2D eigenvalue weighted by Crippen LogP contribution is 2.69. The fraction of sp³-hybridized carbons (Fsp3) is 0.196. The molecule has 258 valence electrons. The zero-order chi connectivity index (χ0) is 35.4. The molecule has 1 aromatic heterocycles. The second-order valence-corrected chi connectivity index (χ2v) is 16.4. The maximum absolute atomic E-state index is 5.34. The van der Waals surface area contributed by atoms with Gasteiger partial charge in [-0.05, 0) is 135 Å². The third-order valence-electron chi connectivity index (χ3n) is 13.7. The van der Waals surface area contributed by atoms with E-state index in [4.69, 9.17) is 15.0 Å². The van der Waals surface area contributed by atoms with E-state index < -0.39 is 0 Å². The molecule has 1 heterocycles. The highest BCUT2D eigenvalue weighted by Gasteiger charge is 2.61. The van der Waals surface area contributed by atoms with Gasteiger partial charge in [-0.3, -0.25) is 0 Å². The number of hydrogen-bond acceptors (Lipinski definition) is 3. The number of nitrogens with zero attached hydrogens (tertiary/aromatic N) is 3. The van der Waals surface area contributed by atoms with E-state index in [1.807, 2.05) is 6.07 Å². The Bertz CT molecular complexity index is 2760. The molecule has 0 N–H and O–H groups in total. The minimum Gasteiger partial charge on any atom is -0.208 e. The van der Waals surface area contributed by atoms with Crippen LogP contribution in [0.15, 0.2) is 152 Å². The molecule has 13 rings (SSSR count). The number of aromatic nitrogens is 3. The third-order valence-corrected chi connectivity index (χ3v) is 13.7. The van der Waals surface area contributed by atoms with Gasteiger partial charge < -0.3 is 0 Å². The molecule has 0 atom stereocenters. The minimum atomic E-state index is 0.0967. The van der Waals surface area contributed by atoms with Gasteiger partial charge in [0.25, 0.3) is 0 Å². The summed E-state index contributed by atoms with van der Waals surface area (Å²) in [6, 6.07) is 55.3. The summed E-state index contributed by atoms with van der Waals surface area (Å²) in [5, 5.41) is 4.99. The summed E-state index contributed by atoms with van der Waals surface area (Å²) in [5.41, 5.74) is 11.5. The van der Waals surface area contributed by atoms with Crippen LogP contribution >= 0.6 is 0 Å². The maximum Gasteiger partial charge on any atom is 0.164 e. The number of hydrogen-bond donors (Lipinski definition) is 0. The fourth-order valence-corrected chi connectivity index (χ4v) is 11.7. The Hall–Kier alpha value is -5.93. The third kappa shape index (κ3) is 4.39. The zero-order valence-electron chi connectivity index (χ0n) is 30.1. The molecule has 5 aliphatic carbocycles. The molecular formula is C51H39N3. The Kier molecular flexibility index (Phi) is 6.52. The molecule has 3 heteroatoms. The fourth-order valence-electron chi connectivity index (χ4n) is 11.7. The van der Waals surface area contributed by atoms with Crippen molar-refractivity contribution in [1.29, 1.82) is 0 Å². The first-order valence-corrected chi connectivity index (χ1v) is 19.8. The van der Waals surface area contributed by atoms with E-state index >= 15 is 0 Å². The van der Waals surface area contributed by atoms with E-state index in [0.717, 1.165) is 33.9 Å². The van der Waals surface area contributed by atoms with Crippen molar-refractivity contribution in [1.82, 2.24) is 15.0 Å². The predicted molar refractivity (Wildman–Crippen MR) is 220 cm³/mol. The van der Waals surface area contributed by atoms with Crippen molar-refractivity contribution >= 4 is 21.5 Å². The Morgan fingerprint density at radius 3 is 1.61 bits per heavy atom. The summed E-state index contributed by atoms with van der Waals surface area (Å²) in [4.78, 5) is 15.8. The zero-order valence-corrected chi connectivity index (χ0v) is 30.1. The summed E-state index contributed by atoms with van der Waals surface area (Å²) in [7, 11) is 0. The van der Waals surface area contributed by atoms with Gasteiger partial charge in [-0.25, -0.2) is 15.0 Å². The van der Waals surface area contributed by atoms with Crippen LogP contribution in [0, 0.1) is 23.7 Å². The average Bonchev–Trinajstić information content (AvgIpc) is 3.50. The summed E-state index contributed by atoms with van der Waals surface area (Å²) >= 11 is 0. The first-order valence-electron chi connectivity index (χ1n) is 19.8. The molecule has 4 fully saturated rings. The molecule has 4 bridgehead atoms. The van der Waals surface area contributed by atoms with E-state index in [2.05, 4.69) is 146 Å². The lowest BCUT2D eigenvalue weighted by Crippen LogP contribution is -2.55. The Labute approximate surface area is 315 Å². The Morgan fingerprint density at radius 2 is 0.907 bits per heavy atom. The first kappa shape index (κ1) is 30.5. The number of fused-ring (bicyclic) bond motifs is 5. The van der Waals surface area contributed by atoms with E-state index in [1.54, 1.807) is 11.1 Å². The lowest BCUT2D eigenvalue weighted by Gasteiger charge is -2.61. The molecule has 0 radical (unpaired) electrons. The van der Waals surface area contributed by atoms with Crippen LogP contribution in [0.3, 0.4) is 0 Å². The lowest BCUT2D eigenvalue weighted by molar-refractivity contribution is -0.0398. The molecule has 7 aromatic carbocycles. The van der Waals surface area contributed by atoms with Gasteiger partial charge in [0.1, 0.15) is 0 Å². The Morgan fingerprint density at radius 1 is 0.370 bits per heavy atom. The van der Waals surface area contributed by atoms with Gasteiger partial charge in [0.05, 0.1) is 0 Å². The van der Waals surface area contributed by atoms with Crippen LogP contribution in [-0.4, -0.2) is 15.0 Å². The molecule has 1 spiro atoms. The van der Waals surface area contributed by atoms with Crippen molar-refractivity contribution in [2.45, 2.75) is 37.5 Å². The standard InChI is InChI=1S/C51H39N3/c1-3-11-33(12-4-1)40-20-21-43(42-18-10-9-17-41(40)42)50-53-48(34-13-5-2-6-14-34)52-49(54-50)37-19-22-46-44(29-37)45-28-35-15-7-8-16-36(35)30-47(45)51(46)38-24-31-23-32(26-38)27-39(51)25-31/h1-22,28-32,38-39H,23-27H2. The van der Waals surface area contributed by atoms with Gasteiger partial charge in [-0.2, -0.15) is 0 Å². The smallest absolute Gasteiger partial charge is 0.164 e. The quantitative estimate of drug-likeness (QED) is 0.184. The van der Waals surface area contributed by atoms with Crippen LogP contribution in [0.2, 0.25) is 0 Å². The summed E-state index contributed by atoms with van der Waals surface area (Å²) in [5.74, 6) is 5.33. The van der Waals surface area contributed by atoms with Crippen molar-refractivity contribution in [3.63, 3.8) is 0 Å². The van der Waals surface area contributed by atoms with Crippen LogP contribution in [0.5, 0.6) is 0 Å². The molecule has 0 unspecified atom stereocenters. The van der Waals surface area contributed by atoms with E-state index in [0.29, 0.717) is 29.3 Å². The van der Waals surface area contributed by atoms with Crippen LogP contribution in [-0.2, 0) is 5.41 Å². The van der Waals surface area contributed by atoms with Crippen molar-refractivity contribution in [2.75, 3.05) is 0 Å². The largest absolute Gasteiger partial charge is 0.208 e. The average molecular weight is 694 g/mol. The normalized spacial score (nSPS) is 23.3. The SMILES string of the molecule is c1ccc(-c2nc(-c3ccc4c(c3)-c3cc5ccccc5cc3C43C4CC5CC(C4)CC3C5)nc(-c3ccc(-c4ccccc4)c4ccccc34)n2)cc1. The van der Waals surface area contributed by atoms with Crippen molar-refractivity contribution in [3.8, 4) is 56.4 Å². The van der Waals surface area contributed by atoms with E-state index in [-0.39, 0.29) is 5.41 Å². The van der Waals surface area contributed by atoms with E-state index in [9.17, 15) is 0 Å². The van der Waals surface area contributed by atoms with Crippen molar-refractivity contribution in [2.24, 2.45) is 23.7 Å². The highest BCUT2D eigenvalue weighted by atomic mass is 15.0. The second kappa shape index (κ2) is 11.5. The molecule has 5 aliphatic rings. The minimum absolute atomic E-state index is 0.0967. The van der Waals surface area contributed by atoms with Gasteiger partial charge in [0.2, 0.25) is 0 Å². The predicted octanol–water partition coefficient (Wildman–Crippen LogP) is 12.6. The van der Waals surface area contributed by atoms with Gasteiger partial charge in [0.15, 0.2) is 17.5 Å². The lowest BCUT2D eigenvalue weighted by atomic mass is 9.43. The van der Waals surface area contributed by atoms with Gasteiger partial charge >= 0.3 is 0 Å². The summed E-state index contributed by atoms with van der Waals surface area (Å²) in [6.07, 6.45) is 6.93. The topological polar surface area (TPSA) is 38.7 Å². The molecule has 8 aromatic rings. The monoisotopic (exact) mass is 693 g/mol. The molecule has 0 aliphatic heterocycles. The van der Waals surface area contributed by atoms with Crippen LogP contribution in [0.4, 0.5) is 0 Å². The van der Waals surface area contributed by atoms with Crippen LogP contribution < -0.4 is 0 Å². The summed E-state index contributed by atoms with van der Waals surface area (Å²) in [6.45, 7) is 0. The van der Waals surface area contributed by atoms with Crippen molar-refractivity contribution < 1.29 is 0 Å². The first-order chi connectivity index (χ1) is 26.7. The summed E-state index contributed by atoms with van der Waals surface area (Å²) < 4.78 is 0. The Balaban J connectivity index is 1.07. The maximum atomic E-state index is 5.34. The molecule has 3 nitrogen and oxygen atoms in total. The van der Waals surface area contributed by atoms with Crippen LogP contribution in [0.25, 0.3) is 78.0 Å². The van der Waals surface area contributed by atoms with E-state index in [1.165, 1.54) is 70.5 Å². The molecule has 0 saturated heterocycles. The molecule has 4 saturated carbocycles. The van der Waals surface area contributed by atoms with Crippen molar-refractivity contribution in [3.05, 3.63) is 163 Å². The van der Waals surface area contributed by atoms with Gasteiger partial charge in [0, 0.05) is 22.1 Å².